The lowest BCUT2D eigenvalue weighted by atomic mass is 9.93. The summed E-state index contributed by atoms with van der Waals surface area (Å²) in [5.41, 5.74) is 3.31. The number of carbonyl (C=O) groups excluding carboxylic acids is 1. The van der Waals surface area contributed by atoms with Gasteiger partial charge in [0.25, 0.3) is 0 Å². The van der Waals surface area contributed by atoms with Gasteiger partial charge in [-0.15, -0.1) is 11.3 Å². The molecular formula is C30H35NO3S. The minimum Gasteiger partial charge on any atom is -0.443 e. The van der Waals surface area contributed by atoms with Crippen LogP contribution in [0.3, 0.4) is 0 Å². The first kappa shape index (κ1) is 26.6. The minimum absolute atomic E-state index is 0.170. The number of ether oxygens (including phenoxy) is 1. The van der Waals surface area contributed by atoms with Crippen LogP contribution in [0.4, 0.5) is 0 Å². The maximum absolute atomic E-state index is 12.8. The molecule has 35 heavy (non-hydrogen) atoms. The van der Waals surface area contributed by atoms with E-state index in [1.165, 1.54) is 11.1 Å². The van der Waals surface area contributed by atoms with E-state index >= 15 is 0 Å². The smallest absolute Gasteiger partial charge is 0.339 e. The van der Waals surface area contributed by atoms with Crippen molar-refractivity contribution >= 4 is 37.5 Å². The van der Waals surface area contributed by atoms with E-state index in [4.69, 9.17) is 4.74 Å². The summed E-state index contributed by atoms with van der Waals surface area (Å²) in [5, 5.41) is 1.72. The number of fused-ring (bicyclic) bond motifs is 2. The van der Waals surface area contributed by atoms with Crippen LogP contribution in [0.1, 0.15) is 67.9 Å². The van der Waals surface area contributed by atoms with Crippen LogP contribution in [-0.4, -0.2) is 31.2 Å². The highest BCUT2D eigenvalue weighted by molar-refractivity contribution is 7.24. The standard InChI is InChI=1S/C19H20OS.C11H15NO2/c1-11(2)13-9-15(12(3)4)19-16(10-13)18(20)14-7-5-6-8-17(14)21-19;1-9(12(2)3)14-11(13)10-7-5-4-6-8-10/h5-12H,1-4H3;4-9H,1-3H3. The molecule has 0 amide bonds. The molecule has 0 radical (unpaired) electrons. The van der Waals surface area contributed by atoms with Crippen molar-refractivity contribution in [3.8, 4) is 0 Å². The normalized spacial score (nSPS) is 12.2. The fourth-order valence-electron chi connectivity index (χ4n) is 3.62. The Morgan fingerprint density at radius 2 is 1.46 bits per heavy atom. The number of hydrogen-bond acceptors (Lipinski definition) is 5. The maximum atomic E-state index is 12.8. The molecule has 0 saturated carbocycles. The zero-order chi connectivity index (χ0) is 25.7. The first-order chi connectivity index (χ1) is 16.6. The van der Waals surface area contributed by atoms with Crippen molar-refractivity contribution in [2.45, 2.75) is 52.7 Å². The number of hydrogen-bond donors (Lipinski definition) is 0. The maximum Gasteiger partial charge on any atom is 0.339 e. The molecule has 184 valence electrons. The van der Waals surface area contributed by atoms with Crippen LogP contribution in [0.2, 0.25) is 0 Å². The third-order valence-corrected chi connectivity index (χ3v) is 7.27. The molecule has 1 heterocycles. The van der Waals surface area contributed by atoms with Gasteiger partial charge in [0.1, 0.15) is 0 Å². The first-order valence-corrected chi connectivity index (χ1v) is 12.8. The number of esters is 1. The van der Waals surface area contributed by atoms with E-state index in [2.05, 4.69) is 39.8 Å². The minimum atomic E-state index is -0.285. The lowest BCUT2D eigenvalue weighted by molar-refractivity contribution is -0.00546. The second kappa shape index (κ2) is 11.6. The van der Waals surface area contributed by atoms with Crippen molar-refractivity contribution in [2.75, 3.05) is 14.1 Å². The highest BCUT2D eigenvalue weighted by Gasteiger charge is 2.15. The molecule has 0 bridgehead atoms. The second-order valence-electron chi connectivity index (χ2n) is 9.56. The van der Waals surface area contributed by atoms with E-state index in [0.29, 0.717) is 17.4 Å². The quantitative estimate of drug-likeness (QED) is 0.166. The third kappa shape index (κ3) is 6.36. The van der Waals surface area contributed by atoms with Crippen molar-refractivity contribution in [1.29, 1.82) is 0 Å². The van der Waals surface area contributed by atoms with Crippen LogP contribution in [0.5, 0.6) is 0 Å². The van der Waals surface area contributed by atoms with Gasteiger partial charge in [0, 0.05) is 20.2 Å². The predicted molar refractivity (Wildman–Crippen MR) is 149 cm³/mol. The Morgan fingerprint density at radius 3 is 2.06 bits per heavy atom. The van der Waals surface area contributed by atoms with E-state index in [9.17, 15) is 9.59 Å². The molecule has 1 aromatic heterocycles. The summed E-state index contributed by atoms with van der Waals surface area (Å²) in [4.78, 5) is 26.2. The summed E-state index contributed by atoms with van der Waals surface area (Å²) in [7, 11) is 3.73. The largest absolute Gasteiger partial charge is 0.443 e. The van der Waals surface area contributed by atoms with Crippen LogP contribution < -0.4 is 5.43 Å². The van der Waals surface area contributed by atoms with Crippen LogP contribution in [0.15, 0.2) is 71.5 Å². The summed E-state index contributed by atoms with van der Waals surface area (Å²) < 4.78 is 7.41. The van der Waals surface area contributed by atoms with Gasteiger partial charge in [-0.3, -0.25) is 9.69 Å². The Morgan fingerprint density at radius 1 is 0.829 bits per heavy atom. The number of rotatable bonds is 5. The Bertz CT molecular complexity index is 1360. The average Bonchev–Trinajstić information content (AvgIpc) is 2.84. The Hall–Kier alpha value is -3.02. The third-order valence-electron chi connectivity index (χ3n) is 6.03. The Kier molecular flexibility index (Phi) is 8.82. The van der Waals surface area contributed by atoms with E-state index in [0.717, 1.165) is 20.2 Å². The lowest BCUT2D eigenvalue weighted by Crippen LogP contribution is -2.29. The van der Waals surface area contributed by atoms with Gasteiger partial charge in [0.2, 0.25) is 0 Å². The topological polar surface area (TPSA) is 46.6 Å². The first-order valence-electron chi connectivity index (χ1n) is 12.0. The zero-order valence-electron chi connectivity index (χ0n) is 21.7. The predicted octanol–water partition coefficient (Wildman–Crippen LogP) is 7.41. The van der Waals surface area contributed by atoms with Gasteiger partial charge in [-0.2, -0.15) is 0 Å². The van der Waals surface area contributed by atoms with Gasteiger partial charge in [0.05, 0.1) is 5.56 Å². The molecule has 4 nitrogen and oxygen atoms in total. The zero-order valence-corrected chi connectivity index (χ0v) is 22.5. The molecule has 3 aromatic carbocycles. The van der Waals surface area contributed by atoms with E-state index in [1.54, 1.807) is 23.5 Å². The van der Waals surface area contributed by atoms with Crippen LogP contribution >= 0.6 is 11.3 Å². The molecule has 5 heteroatoms. The average molecular weight is 490 g/mol. The molecule has 0 N–H and O–H groups in total. The van der Waals surface area contributed by atoms with Crippen molar-refractivity contribution in [3.63, 3.8) is 0 Å². The van der Waals surface area contributed by atoms with Crippen LogP contribution in [-0.2, 0) is 4.74 Å². The molecule has 0 spiro atoms. The second-order valence-corrected chi connectivity index (χ2v) is 10.6. The molecular weight excluding hydrogens is 454 g/mol. The number of carbonyl (C=O) groups is 1. The van der Waals surface area contributed by atoms with E-state index < -0.39 is 0 Å². The summed E-state index contributed by atoms with van der Waals surface area (Å²) in [6.45, 7) is 10.6. The molecule has 0 aliphatic rings. The van der Waals surface area contributed by atoms with Gasteiger partial charge < -0.3 is 4.74 Å². The van der Waals surface area contributed by atoms with Crippen molar-refractivity contribution in [3.05, 3.63) is 93.6 Å². The Labute approximate surface area is 212 Å². The van der Waals surface area contributed by atoms with Gasteiger partial charge >= 0.3 is 5.97 Å². The molecule has 4 aromatic rings. The summed E-state index contributed by atoms with van der Waals surface area (Å²) in [6, 6.07) is 21.3. The monoisotopic (exact) mass is 489 g/mol. The highest BCUT2D eigenvalue weighted by atomic mass is 32.1. The molecule has 1 unspecified atom stereocenters. The fraction of sp³-hybridized carbons (Fsp3) is 0.333. The fourth-order valence-corrected chi connectivity index (χ4v) is 4.93. The number of nitrogens with zero attached hydrogens (tertiary/aromatic N) is 1. The van der Waals surface area contributed by atoms with E-state index in [1.807, 2.05) is 68.4 Å². The van der Waals surface area contributed by atoms with Gasteiger partial charge in [-0.05, 0) is 74.3 Å². The molecule has 0 saturated heterocycles. The van der Waals surface area contributed by atoms with Gasteiger partial charge in [-0.25, -0.2) is 4.79 Å². The highest BCUT2D eigenvalue weighted by Crippen LogP contribution is 2.34. The molecule has 0 aliphatic heterocycles. The van der Waals surface area contributed by atoms with E-state index in [-0.39, 0.29) is 17.6 Å². The Balaban J connectivity index is 0.000000214. The molecule has 0 fully saturated rings. The summed E-state index contributed by atoms with van der Waals surface area (Å²) in [5.74, 6) is 0.567. The van der Waals surface area contributed by atoms with Crippen molar-refractivity contribution in [1.82, 2.24) is 4.90 Å². The van der Waals surface area contributed by atoms with Crippen molar-refractivity contribution < 1.29 is 9.53 Å². The number of benzene rings is 3. The molecule has 4 rings (SSSR count). The summed E-state index contributed by atoms with van der Waals surface area (Å²) >= 11 is 1.74. The summed E-state index contributed by atoms with van der Waals surface area (Å²) in [6.07, 6.45) is -0.206. The lowest BCUT2D eigenvalue weighted by Gasteiger charge is -2.19. The van der Waals surface area contributed by atoms with Crippen LogP contribution in [0.25, 0.3) is 20.2 Å². The van der Waals surface area contributed by atoms with Crippen molar-refractivity contribution in [2.24, 2.45) is 0 Å². The van der Waals surface area contributed by atoms with Gasteiger partial charge in [-0.1, -0.05) is 64.1 Å². The van der Waals surface area contributed by atoms with Crippen LogP contribution in [0, 0.1) is 0 Å². The SMILES string of the molecule is CC(C)c1cc(C(C)C)c2sc3ccccc3c(=O)c2c1.CC(OC(=O)c1ccccc1)N(C)C. The molecule has 0 aliphatic carbocycles. The van der Waals surface area contributed by atoms with Gasteiger partial charge in [0.15, 0.2) is 11.7 Å². The molecule has 1 atom stereocenters.